The van der Waals surface area contributed by atoms with Crippen molar-refractivity contribution in [2.75, 3.05) is 20.1 Å². The summed E-state index contributed by atoms with van der Waals surface area (Å²) in [5.74, 6) is 0.0716. The number of nitrogens with zero attached hydrogens (tertiary/aromatic N) is 2. The Morgan fingerprint density at radius 3 is 2.36 bits per heavy atom. The Kier molecular flexibility index (Phi) is 7.96. The maximum Gasteiger partial charge on any atom is 0.418 e. The molecule has 1 aliphatic heterocycles. The van der Waals surface area contributed by atoms with Gasteiger partial charge in [0, 0.05) is 22.3 Å². The lowest BCUT2D eigenvalue weighted by molar-refractivity contribution is -0.137. The zero-order chi connectivity index (χ0) is 27.6. The molecule has 0 radical (unpaired) electrons. The highest BCUT2D eigenvalue weighted by Gasteiger charge is 2.36. The number of benzene rings is 3. The number of carbonyl (C=O) groups is 1. The van der Waals surface area contributed by atoms with Gasteiger partial charge in [0.05, 0.1) is 23.0 Å². The van der Waals surface area contributed by atoms with Gasteiger partial charge >= 0.3 is 6.18 Å². The Morgan fingerprint density at radius 1 is 0.949 bits per heavy atom. The number of para-hydroxylation sites is 1. The monoisotopic (exact) mass is 595 g/mol. The molecule has 8 heteroatoms. The topological polar surface area (TPSA) is 37.3 Å². The molecule has 0 saturated carbocycles. The second kappa shape index (κ2) is 11.4. The number of piperidine rings is 1. The number of hydrogen-bond donors (Lipinski definition) is 1. The largest absolute Gasteiger partial charge is 0.418 e. The summed E-state index contributed by atoms with van der Waals surface area (Å²) in [5.41, 5.74) is 2.36. The Balaban J connectivity index is 1.50. The van der Waals surface area contributed by atoms with Gasteiger partial charge < -0.3 is 9.88 Å². The summed E-state index contributed by atoms with van der Waals surface area (Å²) in [6.45, 7) is 1.29. The Hall–Kier alpha value is -3.36. The molecular weight excluding hydrogens is 567 g/mol. The van der Waals surface area contributed by atoms with Crippen LogP contribution in [0.2, 0.25) is 0 Å². The van der Waals surface area contributed by atoms with Crippen LogP contribution in [0.25, 0.3) is 16.9 Å². The van der Waals surface area contributed by atoms with Crippen molar-refractivity contribution in [1.82, 2.24) is 14.8 Å². The summed E-state index contributed by atoms with van der Waals surface area (Å²) >= 11 is 3.45. The molecule has 2 atom stereocenters. The van der Waals surface area contributed by atoms with Crippen molar-refractivity contribution in [2.45, 2.75) is 25.1 Å². The first kappa shape index (κ1) is 27.2. The van der Waals surface area contributed by atoms with Crippen molar-refractivity contribution in [2.24, 2.45) is 5.92 Å². The Labute approximate surface area is 234 Å². The molecule has 1 amide bonds. The molecular formula is C31H29BrF3N3O. The van der Waals surface area contributed by atoms with E-state index in [2.05, 4.69) is 26.1 Å². The van der Waals surface area contributed by atoms with Gasteiger partial charge in [-0.1, -0.05) is 58.4 Å². The van der Waals surface area contributed by atoms with E-state index < -0.39 is 11.7 Å². The summed E-state index contributed by atoms with van der Waals surface area (Å²) in [7, 11) is 2.01. The highest BCUT2D eigenvalue weighted by molar-refractivity contribution is 9.10. The summed E-state index contributed by atoms with van der Waals surface area (Å²) in [6, 6.07) is 26.1. The van der Waals surface area contributed by atoms with E-state index in [4.69, 9.17) is 0 Å². The van der Waals surface area contributed by atoms with Gasteiger partial charge in [0.2, 0.25) is 0 Å². The van der Waals surface area contributed by atoms with Gasteiger partial charge in [-0.3, -0.25) is 9.69 Å². The van der Waals surface area contributed by atoms with Crippen LogP contribution in [0.1, 0.15) is 40.5 Å². The molecule has 0 spiro atoms. The van der Waals surface area contributed by atoms with E-state index >= 15 is 0 Å². The summed E-state index contributed by atoms with van der Waals surface area (Å²) in [4.78, 5) is 14.8. The fraction of sp³-hybridized carbons (Fsp3) is 0.258. The molecule has 1 saturated heterocycles. The van der Waals surface area contributed by atoms with Gasteiger partial charge in [0.1, 0.15) is 0 Å². The van der Waals surface area contributed by atoms with Crippen LogP contribution in [0.4, 0.5) is 13.2 Å². The third-order valence-corrected chi connectivity index (χ3v) is 7.94. The van der Waals surface area contributed by atoms with Crippen LogP contribution in [-0.2, 0) is 6.18 Å². The zero-order valence-corrected chi connectivity index (χ0v) is 23.0. The standard InChI is InChI=1S/C31H29BrF3N3O/c1-37-18-17-21(20-36-30(39)23-7-3-2-4-8-23)19-29(37)28-16-15-26(22-11-13-24(32)14-12-22)38(28)27-10-6-5-9-25(27)31(33,34)35/h2-16,21,29H,17-20H2,1H3,(H,36,39). The zero-order valence-electron chi connectivity index (χ0n) is 21.5. The van der Waals surface area contributed by atoms with Crippen LogP contribution in [0.3, 0.4) is 0 Å². The van der Waals surface area contributed by atoms with E-state index in [0.29, 0.717) is 24.2 Å². The van der Waals surface area contributed by atoms with Gasteiger partial charge in [0.25, 0.3) is 5.91 Å². The Bertz CT molecular complexity index is 1430. The predicted octanol–water partition coefficient (Wildman–Crippen LogP) is 7.74. The van der Waals surface area contributed by atoms with E-state index in [9.17, 15) is 18.0 Å². The van der Waals surface area contributed by atoms with Crippen molar-refractivity contribution >= 4 is 21.8 Å². The molecule has 0 aliphatic carbocycles. The van der Waals surface area contributed by atoms with Crippen molar-refractivity contribution < 1.29 is 18.0 Å². The summed E-state index contributed by atoms with van der Waals surface area (Å²) in [5, 5.41) is 3.05. The molecule has 1 aliphatic rings. The summed E-state index contributed by atoms with van der Waals surface area (Å²) < 4.78 is 45.2. The second-order valence-corrected chi connectivity index (χ2v) is 10.9. The molecule has 2 unspecified atom stereocenters. The molecule has 4 aromatic rings. The second-order valence-electron chi connectivity index (χ2n) is 9.96. The first-order chi connectivity index (χ1) is 18.7. The molecule has 0 bridgehead atoms. The molecule has 1 fully saturated rings. The minimum Gasteiger partial charge on any atom is -0.352 e. The number of aromatic nitrogens is 1. The van der Waals surface area contributed by atoms with Crippen LogP contribution in [0, 0.1) is 5.92 Å². The maximum atomic E-state index is 14.2. The van der Waals surface area contributed by atoms with Crippen LogP contribution in [0.15, 0.2) is 95.5 Å². The van der Waals surface area contributed by atoms with Gasteiger partial charge in [-0.25, -0.2) is 0 Å². The quantitative estimate of drug-likeness (QED) is 0.247. The SMILES string of the molecule is CN1CCC(CNC(=O)c2ccccc2)CC1c1ccc(-c2ccc(Br)cc2)n1-c1ccccc1C(F)(F)F. The molecule has 3 aromatic carbocycles. The molecule has 1 aromatic heterocycles. The average molecular weight is 596 g/mol. The number of carbonyl (C=O) groups excluding carboxylic acids is 1. The molecule has 5 rings (SSSR count). The molecule has 1 N–H and O–H groups in total. The molecule has 4 nitrogen and oxygen atoms in total. The van der Waals surface area contributed by atoms with Crippen molar-refractivity contribution in [3.63, 3.8) is 0 Å². The van der Waals surface area contributed by atoms with Gasteiger partial charge in [-0.05, 0) is 86.4 Å². The smallest absolute Gasteiger partial charge is 0.352 e. The molecule has 202 valence electrons. The fourth-order valence-corrected chi connectivity index (χ4v) is 5.62. The van der Waals surface area contributed by atoms with E-state index in [0.717, 1.165) is 34.8 Å². The normalized spacial score (nSPS) is 18.2. The number of alkyl halides is 3. The minimum absolute atomic E-state index is 0.107. The van der Waals surface area contributed by atoms with Crippen molar-refractivity contribution in [3.05, 3.63) is 112 Å². The van der Waals surface area contributed by atoms with Crippen molar-refractivity contribution in [3.8, 4) is 16.9 Å². The van der Waals surface area contributed by atoms with Crippen LogP contribution in [-0.4, -0.2) is 35.5 Å². The molecule has 39 heavy (non-hydrogen) atoms. The lowest BCUT2D eigenvalue weighted by Gasteiger charge is -2.38. The van der Waals surface area contributed by atoms with E-state index in [-0.39, 0.29) is 23.6 Å². The van der Waals surface area contributed by atoms with Crippen LogP contribution in [0.5, 0.6) is 0 Å². The maximum absolute atomic E-state index is 14.2. The summed E-state index contributed by atoms with van der Waals surface area (Å²) in [6.07, 6.45) is -2.90. The lowest BCUT2D eigenvalue weighted by Crippen LogP contribution is -2.39. The first-order valence-electron chi connectivity index (χ1n) is 12.9. The average Bonchev–Trinajstić information content (AvgIpc) is 3.37. The van der Waals surface area contributed by atoms with Gasteiger partial charge in [-0.15, -0.1) is 0 Å². The fourth-order valence-electron chi connectivity index (χ4n) is 5.35. The van der Waals surface area contributed by atoms with Crippen molar-refractivity contribution in [1.29, 1.82) is 0 Å². The molecule has 2 heterocycles. The highest BCUT2D eigenvalue weighted by atomic mass is 79.9. The van der Waals surface area contributed by atoms with Gasteiger partial charge in [-0.2, -0.15) is 13.2 Å². The third-order valence-electron chi connectivity index (χ3n) is 7.41. The van der Waals surface area contributed by atoms with E-state index in [1.165, 1.54) is 12.1 Å². The van der Waals surface area contributed by atoms with E-state index in [1.54, 1.807) is 22.8 Å². The minimum atomic E-state index is -4.50. The van der Waals surface area contributed by atoms with Gasteiger partial charge in [0.15, 0.2) is 0 Å². The van der Waals surface area contributed by atoms with Crippen LogP contribution < -0.4 is 5.32 Å². The predicted molar refractivity (Wildman–Crippen MR) is 151 cm³/mol. The Morgan fingerprint density at radius 2 is 1.64 bits per heavy atom. The van der Waals surface area contributed by atoms with Crippen LogP contribution >= 0.6 is 15.9 Å². The number of halogens is 4. The number of hydrogen-bond acceptors (Lipinski definition) is 2. The number of rotatable bonds is 6. The lowest BCUT2D eigenvalue weighted by atomic mass is 9.89. The first-order valence-corrected chi connectivity index (χ1v) is 13.7. The third kappa shape index (κ3) is 5.97. The number of likely N-dealkylation sites (tertiary alicyclic amines) is 1. The van der Waals surface area contributed by atoms with E-state index in [1.807, 2.05) is 61.6 Å². The number of amides is 1. The number of nitrogens with one attached hydrogen (secondary N) is 1. The highest BCUT2D eigenvalue weighted by Crippen LogP contribution is 2.41.